The molecule has 2 heteroatoms. The lowest BCUT2D eigenvalue weighted by Crippen LogP contribution is -1.98. The first kappa shape index (κ1) is 10.7. The summed E-state index contributed by atoms with van der Waals surface area (Å²) in [4.78, 5) is 13.1. The van der Waals surface area contributed by atoms with Crippen LogP contribution in [0.15, 0.2) is 35.7 Å². The molecule has 0 aliphatic heterocycles. The monoisotopic (exact) mass is 242 g/mol. The van der Waals surface area contributed by atoms with Crippen LogP contribution in [0.25, 0.3) is 10.4 Å². The lowest BCUT2D eigenvalue weighted by Gasteiger charge is -1.97. The van der Waals surface area contributed by atoms with Gasteiger partial charge in [0.2, 0.25) is 0 Å². The number of thiophene rings is 1. The topological polar surface area (TPSA) is 17.1 Å². The third kappa shape index (κ3) is 2.18. The summed E-state index contributed by atoms with van der Waals surface area (Å²) in [6.07, 6.45) is 2.16. The van der Waals surface area contributed by atoms with E-state index in [1.54, 1.807) is 11.3 Å². The lowest BCUT2D eigenvalue weighted by molar-refractivity contribution is 0.0968. The Kier molecular flexibility index (Phi) is 2.60. The van der Waals surface area contributed by atoms with Crippen LogP contribution in [0.5, 0.6) is 0 Å². The zero-order valence-corrected chi connectivity index (χ0v) is 10.6. The van der Waals surface area contributed by atoms with E-state index >= 15 is 0 Å². The number of carbonyl (C=O) groups excluding carboxylic acids is 1. The number of carbonyl (C=O) groups is 1. The van der Waals surface area contributed by atoms with E-state index in [9.17, 15) is 4.79 Å². The van der Waals surface area contributed by atoms with Crippen LogP contribution in [0.2, 0.25) is 0 Å². The zero-order chi connectivity index (χ0) is 11.8. The van der Waals surface area contributed by atoms with Crippen molar-refractivity contribution >= 4 is 17.1 Å². The predicted molar refractivity (Wildman–Crippen MR) is 71.5 cm³/mol. The molecule has 0 amide bonds. The molecule has 0 bridgehead atoms. The summed E-state index contributed by atoms with van der Waals surface area (Å²) >= 11 is 1.66. The molecular formula is C15H14OS. The van der Waals surface area contributed by atoms with E-state index in [2.05, 4.69) is 31.2 Å². The Morgan fingerprint density at radius 2 is 1.94 bits per heavy atom. The minimum atomic E-state index is 0.315. The van der Waals surface area contributed by atoms with Crippen LogP contribution in [0.3, 0.4) is 0 Å². The average molecular weight is 242 g/mol. The summed E-state index contributed by atoms with van der Waals surface area (Å²) < 4.78 is 0. The number of aryl methyl sites for hydroxylation is 1. The molecule has 1 heterocycles. The fraction of sp³-hybridized carbons (Fsp3) is 0.267. The lowest BCUT2D eigenvalue weighted by atomic mass is 10.1. The van der Waals surface area contributed by atoms with Gasteiger partial charge < -0.3 is 0 Å². The summed E-state index contributed by atoms with van der Waals surface area (Å²) in [6, 6.07) is 10.5. The van der Waals surface area contributed by atoms with Crippen molar-refractivity contribution in [3.05, 3.63) is 46.8 Å². The molecular weight excluding hydrogens is 228 g/mol. The molecule has 1 aliphatic rings. The average Bonchev–Trinajstić information content (AvgIpc) is 3.07. The van der Waals surface area contributed by atoms with E-state index in [1.807, 2.05) is 11.4 Å². The van der Waals surface area contributed by atoms with Crippen molar-refractivity contribution in [2.45, 2.75) is 19.8 Å². The maximum atomic E-state index is 11.9. The van der Waals surface area contributed by atoms with E-state index in [1.165, 1.54) is 16.0 Å². The second-order valence-electron chi connectivity index (χ2n) is 4.70. The first-order valence-corrected chi connectivity index (χ1v) is 6.82. The van der Waals surface area contributed by atoms with Gasteiger partial charge in [-0.1, -0.05) is 29.8 Å². The van der Waals surface area contributed by atoms with E-state index in [0.29, 0.717) is 11.7 Å². The van der Waals surface area contributed by atoms with Gasteiger partial charge in [-0.05, 0) is 31.4 Å². The normalized spacial score (nSPS) is 14.9. The molecule has 1 fully saturated rings. The van der Waals surface area contributed by atoms with E-state index in [0.717, 1.165) is 18.4 Å². The number of hydrogen-bond acceptors (Lipinski definition) is 2. The first-order chi connectivity index (χ1) is 8.24. The number of ketones is 1. The van der Waals surface area contributed by atoms with Gasteiger partial charge in [-0.2, -0.15) is 0 Å². The quantitative estimate of drug-likeness (QED) is 0.733. The summed E-state index contributed by atoms with van der Waals surface area (Å²) in [5.41, 5.74) is 3.36. The number of rotatable bonds is 3. The Morgan fingerprint density at radius 1 is 1.24 bits per heavy atom. The second kappa shape index (κ2) is 4.11. The van der Waals surface area contributed by atoms with Gasteiger partial charge in [0.1, 0.15) is 0 Å². The van der Waals surface area contributed by atoms with Gasteiger partial charge in [0.05, 0.1) is 0 Å². The Labute approximate surface area is 105 Å². The van der Waals surface area contributed by atoms with Crippen LogP contribution in [0.1, 0.15) is 28.8 Å². The van der Waals surface area contributed by atoms with Crippen LogP contribution >= 0.6 is 11.3 Å². The van der Waals surface area contributed by atoms with Gasteiger partial charge in [0.25, 0.3) is 0 Å². The van der Waals surface area contributed by atoms with Crippen molar-refractivity contribution in [1.82, 2.24) is 0 Å². The van der Waals surface area contributed by atoms with Crippen molar-refractivity contribution in [3.63, 3.8) is 0 Å². The summed E-state index contributed by atoms with van der Waals surface area (Å²) in [5.74, 6) is 0.648. The highest BCUT2D eigenvalue weighted by atomic mass is 32.1. The minimum Gasteiger partial charge on any atom is -0.294 e. The molecule has 0 unspecified atom stereocenters. The molecule has 1 aromatic heterocycles. The summed E-state index contributed by atoms with van der Waals surface area (Å²) in [7, 11) is 0. The molecule has 1 saturated carbocycles. The van der Waals surface area contributed by atoms with Gasteiger partial charge in [-0.3, -0.25) is 4.79 Å². The number of hydrogen-bond donors (Lipinski definition) is 0. The molecule has 0 radical (unpaired) electrons. The van der Waals surface area contributed by atoms with Crippen LogP contribution in [-0.4, -0.2) is 5.78 Å². The van der Waals surface area contributed by atoms with Crippen molar-refractivity contribution in [3.8, 4) is 10.4 Å². The third-order valence-electron chi connectivity index (χ3n) is 3.17. The molecule has 17 heavy (non-hydrogen) atoms. The van der Waals surface area contributed by atoms with E-state index in [4.69, 9.17) is 0 Å². The second-order valence-corrected chi connectivity index (χ2v) is 5.62. The van der Waals surface area contributed by atoms with Crippen LogP contribution in [0, 0.1) is 12.8 Å². The van der Waals surface area contributed by atoms with Crippen molar-refractivity contribution < 1.29 is 4.79 Å². The SMILES string of the molecule is Cc1ccc(-c2cc(C(=O)C3CC3)cs2)cc1. The third-order valence-corrected chi connectivity index (χ3v) is 4.15. The highest BCUT2D eigenvalue weighted by molar-refractivity contribution is 7.13. The number of benzene rings is 1. The smallest absolute Gasteiger partial charge is 0.166 e. The largest absolute Gasteiger partial charge is 0.294 e. The molecule has 2 aromatic rings. The molecule has 0 N–H and O–H groups in total. The first-order valence-electron chi connectivity index (χ1n) is 5.94. The minimum absolute atomic E-state index is 0.315. The molecule has 0 atom stereocenters. The van der Waals surface area contributed by atoms with E-state index in [-0.39, 0.29) is 0 Å². The number of Topliss-reactive ketones (excluding diaryl/α,β-unsaturated/α-hetero) is 1. The maximum Gasteiger partial charge on any atom is 0.166 e. The van der Waals surface area contributed by atoms with E-state index < -0.39 is 0 Å². The molecule has 0 spiro atoms. The van der Waals surface area contributed by atoms with Crippen molar-refractivity contribution in [1.29, 1.82) is 0 Å². The Balaban J connectivity index is 1.88. The Morgan fingerprint density at radius 3 is 2.59 bits per heavy atom. The predicted octanol–water partition coefficient (Wildman–Crippen LogP) is 4.32. The molecule has 3 rings (SSSR count). The van der Waals surface area contributed by atoms with Gasteiger partial charge in [-0.15, -0.1) is 11.3 Å². The van der Waals surface area contributed by atoms with Crippen molar-refractivity contribution in [2.24, 2.45) is 5.92 Å². The molecule has 1 aliphatic carbocycles. The highest BCUT2D eigenvalue weighted by Crippen LogP contribution is 2.35. The Bertz CT molecular complexity index is 547. The van der Waals surface area contributed by atoms with Crippen LogP contribution < -0.4 is 0 Å². The Hall–Kier alpha value is -1.41. The van der Waals surface area contributed by atoms with Crippen LogP contribution in [0.4, 0.5) is 0 Å². The van der Waals surface area contributed by atoms with Gasteiger partial charge in [0.15, 0.2) is 5.78 Å². The highest BCUT2D eigenvalue weighted by Gasteiger charge is 2.30. The van der Waals surface area contributed by atoms with Gasteiger partial charge in [-0.25, -0.2) is 0 Å². The fourth-order valence-electron chi connectivity index (χ4n) is 1.92. The molecule has 86 valence electrons. The molecule has 1 nitrogen and oxygen atoms in total. The zero-order valence-electron chi connectivity index (χ0n) is 9.77. The van der Waals surface area contributed by atoms with Crippen molar-refractivity contribution in [2.75, 3.05) is 0 Å². The fourth-order valence-corrected chi connectivity index (χ4v) is 2.82. The van der Waals surface area contributed by atoms with Gasteiger partial charge >= 0.3 is 0 Å². The summed E-state index contributed by atoms with van der Waals surface area (Å²) in [6.45, 7) is 2.08. The maximum absolute atomic E-state index is 11.9. The van der Waals surface area contributed by atoms with Gasteiger partial charge in [0, 0.05) is 21.7 Å². The molecule has 1 aromatic carbocycles. The standard InChI is InChI=1S/C15H14OS/c1-10-2-4-11(5-3-10)14-8-13(9-17-14)15(16)12-6-7-12/h2-5,8-9,12H,6-7H2,1H3. The molecule has 0 saturated heterocycles. The van der Waals surface area contributed by atoms with Crippen LogP contribution in [-0.2, 0) is 0 Å². The summed E-state index contributed by atoms with van der Waals surface area (Å²) in [5, 5.41) is 2.00.